The van der Waals surface area contributed by atoms with Gasteiger partial charge in [0.15, 0.2) is 17.5 Å². The number of hydrogen-bond donors (Lipinski definition) is 2. The SMILES string of the molecule is CN(SONc1cc(F)c(F)cc1F)c1cc[nH]c1.S. The van der Waals surface area contributed by atoms with Crippen LogP contribution in [0.3, 0.4) is 0 Å². The standard InChI is InChI=1S/C11H10F3N3OS.H2S/c1-17(7-2-3-15-6-7)19-18-16-11-5-9(13)8(12)4-10(11)14;/h2-6,15-16H,1H3;1H2. The van der Waals surface area contributed by atoms with Crippen molar-refractivity contribution in [2.75, 3.05) is 16.8 Å². The Hall–Kier alpha value is -1.45. The molecule has 0 spiro atoms. The highest BCUT2D eigenvalue weighted by atomic mass is 32.2. The quantitative estimate of drug-likeness (QED) is 0.382. The molecule has 9 heteroatoms. The molecule has 0 bridgehead atoms. The predicted molar refractivity (Wildman–Crippen MR) is 78.2 cm³/mol. The molecule has 0 saturated heterocycles. The predicted octanol–water partition coefficient (Wildman–Crippen LogP) is 3.59. The summed E-state index contributed by atoms with van der Waals surface area (Å²) >= 11 is 0.867. The Morgan fingerprint density at radius 1 is 1.20 bits per heavy atom. The number of H-pyrrole nitrogens is 1. The molecule has 1 aromatic heterocycles. The van der Waals surface area contributed by atoms with Crippen LogP contribution < -0.4 is 9.79 Å². The molecule has 2 aromatic rings. The van der Waals surface area contributed by atoms with E-state index < -0.39 is 17.5 Å². The summed E-state index contributed by atoms with van der Waals surface area (Å²) in [6.45, 7) is 0. The van der Waals surface area contributed by atoms with Crippen LogP contribution >= 0.6 is 25.7 Å². The summed E-state index contributed by atoms with van der Waals surface area (Å²) in [6.07, 6.45) is 3.46. The van der Waals surface area contributed by atoms with Crippen LogP contribution in [0.2, 0.25) is 0 Å². The molecular formula is C11H12F3N3OS2. The lowest BCUT2D eigenvalue weighted by Crippen LogP contribution is -2.09. The Kier molecular flexibility index (Phi) is 6.11. The number of rotatable bonds is 5. The third-order valence-corrected chi connectivity index (χ3v) is 2.85. The van der Waals surface area contributed by atoms with Crippen LogP contribution in [-0.2, 0) is 4.28 Å². The zero-order valence-electron chi connectivity index (χ0n) is 10.3. The molecule has 0 amide bonds. The summed E-state index contributed by atoms with van der Waals surface area (Å²) in [5, 5.41) is 0. The van der Waals surface area contributed by atoms with Crippen molar-refractivity contribution in [1.82, 2.24) is 4.98 Å². The minimum absolute atomic E-state index is 0. The second-order valence-electron chi connectivity index (χ2n) is 3.57. The van der Waals surface area contributed by atoms with Crippen molar-refractivity contribution >= 4 is 37.1 Å². The maximum atomic E-state index is 13.3. The number of anilines is 2. The lowest BCUT2D eigenvalue weighted by Gasteiger charge is -2.15. The monoisotopic (exact) mass is 323 g/mol. The van der Waals surface area contributed by atoms with Crippen LogP contribution in [0.4, 0.5) is 24.5 Å². The lowest BCUT2D eigenvalue weighted by molar-refractivity contribution is 0.457. The van der Waals surface area contributed by atoms with Crippen LogP contribution in [0.15, 0.2) is 30.6 Å². The fourth-order valence-electron chi connectivity index (χ4n) is 1.27. The Morgan fingerprint density at radius 3 is 2.55 bits per heavy atom. The van der Waals surface area contributed by atoms with Gasteiger partial charge in [-0.25, -0.2) is 18.7 Å². The summed E-state index contributed by atoms with van der Waals surface area (Å²) in [5.41, 5.74) is 2.75. The third-order valence-electron chi connectivity index (χ3n) is 2.26. The van der Waals surface area contributed by atoms with E-state index in [2.05, 4.69) is 10.5 Å². The number of nitrogens with zero attached hydrogens (tertiary/aromatic N) is 1. The summed E-state index contributed by atoms with van der Waals surface area (Å²) in [5.74, 6) is -3.35. The van der Waals surface area contributed by atoms with E-state index in [0.717, 1.165) is 17.9 Å². The van der Waals surface area contributed by atoms with Crippen molar-refractivity contribution in [3.05, 3.63) is 48.0 Å². The van der Waals surface area contributed by atoms with Crippen molar-refractivity contribution in [1.29, 1.82) is 0 Å². The molecule has 0 aliphatic carbocycles. The number of aromatic nitrogens is 1. The van der Waals surface area contributed by atoms with E-state index >= 15 is 0 Å². The molecule has 0 radical (unpaired) electrons. The first kappa shape index (κ1) is 16.6. The molecule has 0 atom stereocenters. The van der Waals surface area contributed by atoms with Gasteiger partial charge in [0, 0.05) is 31.6 Å². The average molecular weight is 323 g/mol. The van der Waals surface area contributed by atoms with Crippen LogP contribution in [0.25, 0.3) is 0 Å². The number of hydrogen-bond acceptors (Lipinski definition) is 4. The molecule has 1 aromatic carbocycles. The minimum Gasteiger partial charge on any atom is -0.366 e. The molecule has 2 rings (SSSR count). The largest absolute Gasteiger partial charge is 0.366 e. The average Bonchev–Trinajstić information content (AvgIpc) is 2.89. The molecule has 0 aliphatic rings. The maximum Gasteiger partial charge on any atom is 0.161 e. The fourth-order valence-corrected chi connectivity index (χ4v) is 1.71. The smallest absolute Gasteiger partial charge is 0.161 e. The Morgan fingerprint density at radius 2 is 1.90 bits per heavy atom. The van der Waals surface area contributed by atoms with E-state index in [0.29, 0.717) is 12.1 Å². The third kappa shape index (κ3) is 4.02. The van der Waals surface area contributed by atoms with E-state index in [4.69, 9.17) is 4.28 Å². The normalized spacial score (nSPS) is 10.0. The highest BCUT2D eigenvalue weighted by molar-refractivity contribution is 7.96. The van der Waals surface area contributed by atoms with Gasteiger partial charge in [-0.05, 0) is 6.07 Å². The lowest BCUT2D eigenvalue weighted by atomic mass is 10.3. The maximum absolute atomic E-state index is 13.3. The second-order valence-corrected chi connectivity index (χ2v) is 4.44. The Balaban J connectivity index is 0.00000200. The van der Waals surface area contributed by atoms with Crippen molar-refractivity contribution < 1.29 is 17.5 Å². The van der Waals surface area contributed by atoms with Crippen LogP contribution in [0.5, 0.6) is 0 Å². The van der Waals surface area contributed by atoms with Crippen LogP contribution in [-0.4, -0.2) is 12.0 Å². The number of aromatic amines is 1. The Bertz CT molecular complexity index is 554. The highest BCUT2D eigenvalue weighted by Crippen LogP contribution is 2.23. The van der Waals surface area contributed by atoms with Crippen molar-refractivity contribution in [3.8, 4) is 0 Å². The zero-order valence-corrected chi connectivity index (χ0v) is 12.1. The Labute approximate surface area is 125 Å². The van der Waals surface area contributed by atoms with Gasteiger partial charge in [-0.3, -0.25) is 4.31 Å². The van der Waals surface area contributed by atoms with Gasteiger partial charge in [0.05, 0.1) is 5.69 Å². The van der Waals surface area contributed by atoms with Gasteiger partial charge >= 0.3 is 0 Å². The topological polar surface area (TPSA) is 40.3 Å². The van der Waals surface area contributed by atoms with E-state index in [9.17, 15) is 13.2 Å². The number of benzene rings is 1. The molecule has 20 heavy (non-hydrogen) atoms. The van der Waals surface area contributed by atoms with Gasteiger partial charge in [0.1, 0.15) is 17.9 Å². The molecule has 110 valence electrons. The van der Waals surface area contributed by atoms with Crippen LogP contribution in [0, 0.1) is 17.5 Å². The van der Waals surface area contributed by atoms with Gasteiger partial charge < -0.3 is 4.98 Å². The molecule has 0 unspecified atom stereocenters. The first-order valence-corrected chi connectivity index (χ1v) is 5.88. The molecule has 1 heterocycles. The minimum atomic E-state index is -1.25. The summed E-state index contributed by atoms with van der Waals surface area (Å²) in [4.78, 5) is 2.86. The van der Waals surface area contributed by atoms with Gasteiger partial charge in [0.25, 0.3) is 0 Å². The summed E-state index contributed by atoms with van der Waals surface area (Å²) in [7, 11) is 1.72. The molecular weight excluding hydrogens is 311 g/mol. The molecule has 2 N–H and O–H groups in total. The first-order chi connectivity index (χ1) is 9.08. The van der Waals surface area contributed by atoms with Gasteiger partial charge in [-0.1, -0.05) is 0 Å². The summed E-state index contributed by atoms with van der Waals surface area (Å²) in [6, 6.07) is 2.93. The van der Waals surface area contributed by atoms with E-state index in [1.807, 2.05) is 0 Å². The van der Waals surface area contributed by atoms with Gasteiger partial charge in [0.2, 0.25) is 0 Å². The van der Waals surface area contributed by atoms with Gasteiger partial charge in [-0.15, -0.1) is 0 Å². The van der Waals surface area contributed by atoms with Crippen molar-refractivity contribution in [2.45, 2.75) is 0 Å². The van der Waals surface area contributed by atoms with E-state index in [-0.39, 0.29) is 19.2 Å². The van der Waals surface area contributed by atoms with E-state index in [1.165, 1.54) is 0 Å². The summed E-state index contributed by atoms with van der Waals surface area (Å²) < 4.78 is 45.4. The molecule has 0 aliphatic heterocycles. The number of nitrogens with one attached hydrogen (secondary N) is 2. The van der Waals surface area contributed by atoms with E-state index in [1.54, 1.807) is 29.8 Å². The molecule has 0 saturated carbocycles. The molecule has 0 fully saturated rings. The van der Waals surface area contributed by atoms with Crippen LogP contribution in [0.1, 0.15) is 0 Å². The van der Waals surface area contributed by atoms with Gasteiger partial charge in [-0.2, -0.15) is 17.8 Å². The van der Waals surface area contributed by atoms with Crippen molar-refractivity contribution in [3.63, 3.8) is 0 Å². The highest BCUT2D eigenvalue weighted by Gasteiger charge is 2.10. The second kappa shape index (κ2) is 7.36. The fraction of sp³-hybridized carbons (Fsp3) is 0.0909. The number of halogens is 3. The van der Waals surface area contributed by atoms with Crippen molar-refractivity contribution in [2.24, 2.45) is 0 Å². The molecule has 4 nitrogen and oxygen atoms in total. The zero-order chi connectivity index (χ0) is 13.8. The first-order valence-electron chi connectivity index (χ1n) is 5.18.